The maximum atomic E-state index is 13.9. The van der Waals surface area contributed by atoms with E-state index in [1.165, 1.54) is 0 Å². The Kier molecular flexibility index (Phi) is 5.10. The standard InChI is InChI=1S/C10H8BrF4NO3/c1-18-8(17)2-6-9(12)5(3-11)7(4-16-6)19-10(13,14)15/h4H,2-3H2,1H3. The molecule has 1 rings (SSSR count). The third-order valence-electron chi connectivity index (χ3n) is 2.05. The van der Waals surface area contributed by atoms with Gasteiger partial charge >= 0.3 is 12.3 Å². The van der Waals surface area contributed by atoms with Crippen molar-refractivity contribution in [2.45, 2.75) is 18.1 Å². The number of nitrogens with zero attached hydrogens (tertiary/aromatic N) is 1. The Morgan fingerprint density at radius 1 is 1.47 bits per heavy atom. The van der Waals surface area contributed by atoms with Gasteiger partial charge in [0.15, 0.2) is 11.6 Å². The minimum atomic E-state index is -4.95. The van der Waals surface area contributed by atoms with Crippen LogP contribution >= 0.6 is 15.9 Å². The number of alkyl halides is 4. The second-order valence-electron chi connectivity index (χ2n) is 3.30. The number of halogens is 5. The molecule has 0 saturated heterocycles. The summed E-state index contributed by atoms with van der Waals surface area (Å²) in [5, 5.41) is -0.221. The number of esters is 1. The first kappa shape index (κ1) is 15.7. The van der Waals surface area contributed by atoms with Crippen LogP contribution in [0.3, 0.4) is 0 Å². The highest BCUT2D eigenvalue weighted by molar-refractivity contribution is 9.08. The van der Waals surface area contributed by atoms with Gasteiger partial charge in [0, 0.05) is 10.9 Å². The number of rotatable bonds is 4. The van der Waals surface area contributed by atoms with Crippen LogP contribution < -0.4 is 4.74 Å². The summed E-state index contributed by atoms with van der Waals surface area (Å²) in [7, 11) is 1.10. The lowest BCUT2D eigenvalue weighted by Crippen LogP contribution is -2.19. The van der Waals surface area contributed by atoms with Crippen molar-refractivity contribution in [1.82, 2.24) is 4.98 Å². The van der Waals surface area contributed by atoms with E-state index in [4.69, 9.17) is 0 Å². The van der Waals surface area contributed by atoms with Gasteiger partial charge in [0.1, 0.15) is 0 Å². The minimum Gasteiger partial charge on any atom is -0.469 e. The van der Waals surface area contributed by atoms with Gasteiger partial charge in [-0.25, -0.2) is 4.39 Å². The molecule has 1 aromatic heterocycles. The lowest BCUT2D eigenvalue weighted by atomic mass is 10.2. The Morgan fingerprint density at radius 2 is 2.11 bits per heavy atom. The molecule has 0 unspecified atom stereocenters. The zero-order valence-corrected chi connectivity index (χ0v) is 11.1. The van der Waals surface area contributed by atoms with Gasteiger partial charge in [0.05, 0.1) is 25.4 Å². The lowest BCUT2D eigenvalue weighted by Gasteiger charge is -2.13. The number of pyridine rings is 1. The van der Waals surface area contributed by atoms with Crippen molar-refractivity contribution < 1.29 is 31.8 Å². The van der Waals surface area contributed by atoms with E-state index in [1.807, 2.05) is 0 Å². The van der Waals surface area contributed by atoms with Gasteiger partial charge in [-0.2, -0.15) is 0 Å². The van der Waals surface area contributed by atoms with Crippen LogP contribution in [0.5, 0.6) is 5.75 Å². The van der Waals surface area contributed by atoms with Crippen LogP contribution in [0.25, 0.3) is 0 Å². The molecule has 0 aliphatic heterocycles. The van der Waals surface area contributed by atoms with Gasteiger partial charge in [0.2, 0.25) is 0 Å². The van der Waals surface area contributed by atoms with E-state index in [0.29, 0.717) is 6.20 Å². The summed E-state index contributed by atoms with van der Waals surface area (Å²) in [4.78, 5) is 14.4. The van der Waals surface area contributed by atoms with Crippen LogP contribution in [0, 0.1) is 5.82 Å². The third kappa shape index (κ3) is 4.34. The average molecular weight is 346 g/mol. The maximum Gasteiger partial charge on any atom is 0.573 e. The second kappa shape index (κ2) is 6.18. The molecular weight excluding hydrogens is 338 g/mol. The van der Waals surface area contributed by atoms with Crippen molar-refractivity contribution >= 4 is 21.9 Å². The molecule has 0 saturated carbocycles. The van der Waals surface area contributed by atoms with Gasteiger partial charge in [-0.1, -0.05) is 15.9 Å². The predicted molar refractivity (Wildman–Crippen MR) is 59.2 cm³/mol. The average Bonchev–Trinajstić information content (AvgIpc) is 2.31. The highest BCUT2D eigenvalue weighted by atomic mass is 79.9. The van der Waals surface area contributed by atoms with E-state index in [9.17, 15) is 22.4 Å². The number of hydrogen-bond donors (Lipinski definition) is 0. The smallest absolute Gasteiger partial charge is 0.469 e. The molecule has 0 amide bonds. The van der Waals surface area contributed by atoms with E-state index in [2.05, 4.69) is 30.4 Å². The minimum absolute atomic E-state index is 0.221. The van der Waals surface area contributed by atoms with Crippen molar-refractivity contribution in [3.05, 3.63) is 23.3 Å². The molecule has 0 spiro atoms. The van der Waals surface area contributed by atoms with Crippen molar-refractivity contribution in [2.75, 3.05) is 7.11 Å². The highest BCUT2D eigenvalue weighted by Gasteiger charge is 2.33. The fourth-order valence-electron chi connectivity index (χ4n) is 1.22. The summed E-state index contributed by atoms with van der Waals surface area (Å²) in [5.41, 5.74) is -0.679. The number of carbonyl (C=O) groups is 1. The Bertz CT molecular complexity index is 479. The normalized spacial score (nSPS) is 11.3. The van der Waals surface area contributed by atoms with Gasteiger partial charge in [-0.3, -0.25) is 9.78 Å². The molecule has 9 heteroatoms. The zero-order chi connectivity index (χ0) is 14.6. The number of aromatic nitrogens is 1. The fraction of sp³-hybridized carbons (Fsp3) is 0.400. The molecule has 1 aromatic rings. The van der Waals surface area contributed by atoms with E-state index >= 15 is 0 Å². The predicted octanol–water partition coefficient (Wildman–Crippen LogP) is 2.73. The molecule has 19 heavy (non-hydrogen) atoms. The van der Waals surface area contributed by atoms with Gasteiger partial charge < -0.3 is 9.47 Å². The molecule has 0 N–H and O–H groups in total. The SMILES string of the molecule is COC(=O)Cc1ncc(OC(F)(F)F)c(CBr)c1F. The van der Waals surface area contributed by atoms with Crippen molar-refractivity contribution in [1.29, 1.82) is 0 Å². The fourth-order valence-corrected chi connectivity index (χ4v) is 1.75. The highest BCUT2D eigenvalue weighted by Crippen LogP contribution is 2.30. The quantitative estimate of drug-likeness (QED) is 0.478. The van der Waals surface area contributed by atoms with Crippen LogP contribution in [-0.4, -0.2) is 24.4 Å². The summed E-state index contributed by atoms with van der Waals surface area (Å²) >= 11 is 2.85. The van der Waals surface area contributed by atoms with Crippen LogP contribution in [0.15, 0.2) is 6.20 Å². The number of methoxy groups -OCH3 is 1. The Labute approximate surface area is 113 Å². The molecule has 0 bridgehead atoms. The van der Waals surface area contributed by atoms with E-state index in [-0.39, 0.29) is 16.6 Å². The summed E-state index contributed by atoms with van der Waals surface area (Å²) in [6, 6.07) is 0. The molecule has 0 aromatic carbocycles. The molecule has 0 radical (unpaired) electrons. The Balaban J connectivity index is 3.12. The summed E-state index contributed by atoms with van der Waals surface area (Å²) in [5.74, 6) is -2.55. The Morgan fingerprint density at radius 3 is 2.58 bits per heavy atom. The topological polar surface area (TPSA) is 48.4 Å². The van der Waals surface area contributed by atoms with E-state index in [1.54, 1.807) is 0 Å². The Hall–Kier alpha value is -1.38. The molecule has 0 aliphatic rings. The van der Waals surface area contributed by atoms with E-state index < -0.39 is 30.3 Å². The summed E-state index contributed by atoms with van der Waals surface area (Å²) < 4.78 is 58.1. The number of ether oxygens (including phenoxy) is 2. The molecule has 0 atom stereocenters. The molecule has 4 nitrogen and oxygen atoms in total. The maximum absolute atomic E-state index is 13.9. The lowest BCUT2D eigenvalue weighted by molar-refractivity contribution is -0.275. The van der Waals surface area contributed by atoms with Gasteiger partial charge in [-0.05, 0) is 0 Å². The number of hydrogen-bond acceptors (Lipinski definition) is 4. The van der Waals surface area contributed by atoms with Crippen LogP contribution in [-0.2, 0) is 21.3 Å². The van der Waals surface area contributed by atoms with Crippen molar-refractivity contribution in [3.63, 3.8) is 0 Å². The zero-order valence-electron chi connectivity index (χ0n) is 9.55. The van der Waals surface area contributed by atoms with Gasteiger partial charge in [0.25, 0.3) is 0 Å². The molecule has 0 aliphatic carbocycles. The third-order valence-corrected chi connectivity index (χ3v) is 2.61. The van der Waals surface area contributed by atoms with Crippen LogP contribution in [0.2, 0.25) is 0 Å². The second-order valence-corrected chi connectivity index (χ2v) is 3.86. The van der Waals surface area contributed by atoms with Crippen LogP contribution in [0.1, 0.15) is 11.3 Å². The first-order valence-corrected chi connectivity index (χ1v) is 5.95. The first-order valence-electron chi connectivity index (χ1n) is 4.83. The summed E-state index contributed by atoms with van der Waals surface area (Å²) in [6.45, 7) is 0. The largest absolute Gasteiger partial charge is 0.573 e. The van der Waals surface area contributed by atoms with Crippen LogP contribution in [0.4, 0.5) is 17.6 Å². The van der Waals surface area contributed by atoms with Crippen molar-refractivity contribution in [3.8, 4) is 5.75 Å². The number of carbonyl (C=O) groups excluding carboxylic acids is 1. The monoisotopic (exact) mass is 345 g/mol. The summed E-state index contributed by atoms with van der Waals surface area (Å²) in [6.07, 6.45) is -4.71. The molecule has 1 heterocycles. The van der Waals surface area contributed by atoms with E-state index in [0.717, 1.165) is 7.11 Å². The molecule has 0 fully saturated rings. The first-order chi connectivity index (χ1) is 8.78. The molecular formula is C10H8BrF4NO3. The molecule has 106 valence electrons. The van der Waals surface area contributed by atoms with Gasteiger partial charge in [-0.15, -0.1) is 13.2 Å². The van der Waals surface area contributed by atoms with Crippen molar-refractivity contribution in [2.24, 2.45) is 0 Å².